The predicted octanol–water partition coefficient (Wildman–Crippen LogP) is 3.30. The van der Waals surface area contributed by atoms with Crippen LogP contribution in [0.15, 0.2) is 24.3 Å². The van der Waals surface area contributed by atoms with E-state index in [-0.39, 0.29) is 11.0 Å². The number of benzene rings is 1. The molecule has 3 N–H and O–H groups in total. The number of carbonyl (C=O) groups excluding carboxylic acids is 1. The second-order valence-corrected chi connectivity index (χ2v) is 6.38. The summed E-state index contributed by atoms with van der Waals surface area (Å²) in [4.78, 5) is 22.4. The Labute approximate surface area is 139 Å². The van der Waals surface area contributed by atoms with Gasteiger partial charge in [-0.2, -0.15) is 0 Å². The number of hydrogen-bond donors (Lipinski definition) is 3. The van der Waals surface area contributed by atoms with Crippen molar-refractivity contribution in [3.63, 3.8) is 0 Å². The lowest BCUT2D eigenvalue weighted by Gasteiger charge is -2.19. The van der Waals surface area contributed by atoms with Gasteiger partial charge >= 0.3 is 5.97 Å². The number of carboxylic acid groups (broad SMARTS) is 1. The highest BCUT2D eigenvalue weighted by atomic mass is 35.5. The molecule has 7 heteroatoms. The summed E-state index contributed by atoms with van der Waals surface area (Å²) < 4.78 is 0. The third-order valence-electron chi connectivity index (χ3n) is 2.57. The van der Waals surface area contributed by atoms with Gasteiger partial charge in [-0.25, -0.2) is 4.79 Å². The zero-order valence-corrected chi connectivity index (χ0v) is 14.0. The fourth-order valence-electron chi connectivity index (χ4n) is 1.35. The highest BCUT2D eigenvalue weighted by molar-refractivity contribution is 7.80. The fourth-order valence-corrected chi connectivity index (χ4v) is 1.72. The number of carbonyl (C=O) groups is 2. The van der Waals surface area contributed by atoms with Crippen molar-refractivity contribution in [2.75, 3.05) is 5.32 Å². The van der Waals surface area contributed by atoms with Gasteiger partial charge in [-0.15, -0.1) is 0 Å². The van der Waals surface area contributed by atoms with Crippen LogP contribution in [0, 0.1) is 5.41 Å². The highest BCUT2D eigenvalue weighted by Gasteiger charge is 2.22. The topological polar surface area (TPSA) is 78.4 Å². The number of nitrogens with one attached hydrogen (secondary N) is 2. The lowest BCUT2D eigenvalue weighted by atomic mass is 9.96. The van der Waals surface area contributed by atoms with Gasteiger partial charge in [0.25, 0.3) is 0 Å². The monoisotopic (exact) mass is 340 g/mol. The Hall–Kier alpha value is -1.92. The minimum absolute atomic E-state index is 0.126. The van der Waals surface area contributed by atoms with Crippen LogP contribution in [0.5, 0.6) is 0 Å². The molecular weight excluding hydrogens is 324 g/mol. The Kier molecular flexibility index (Phi) is 6.08. The molecule has 5 nitrogen and oxygen atoms in total. The number of anilines is 1. The van der Waals surface area contributed by atoms with Crippen LogP contribution in [0.1, 0.15) is 26.3 Å². The van der Waals surface area contributed by atoms with Gasteiger partial charge in [0, 0.05) is 11.5 Å². The maximum atomic E-state index is 11.8. The number of thiocarbonyl (C=S) groups is 1. The second-order valence-electron chi connectivity index (χ2n) is 5.57. The van der Waals surface area contributed by atoms with E-state index in [1.807, 2.05) is 0 Å². The highest BCUT2D eigenvalue weighted by Crippen LogP contribution is 2.24. The van der Waals surface area contributed by atoms with Crippen molar-refractivity contribution in [1.82, 2.24) is 5.32 Å². The third-order valence-corrected chi connectivity index (χ3v) is 3.10. The average molecular weight is 341 g/mol. The summed E-state index contributed by atoms with van der Waals surface area (Å²) in [6.45, 7) is 5.32. The molecule has 22 heavy (non-hydrogen) atoms. The van der Waals surface area contributed by atoms with Crippen LogP contribution in [0.2, 0.25) is 5.02 Å². The number of aliphatic carboxylic acids is 1. The molecule has 0 heterocycles. The molecule has 1 amide bonds. The molecule has 1 rings (SSSR count). The van der Waals surface area contributed by atoms with E-state index in [1.165, 1.54) is 6.08 Å². The number of rotatable bonds is 3. The number of halogens is 1. The van der Waals surface area contributed by atoms with Crippen molar-refractivity contribution in [2.45, 2.75) is 20.8 Å². The van der Waals surface area contributed by atoms with Crippen LogP contribution in [0.25, 0.3) is 6.08 Å². The van der Waals surface area contributed by atoms with E-state index in [4.69, 9.17) is 28.9 Å². The van der Waals surface area contributed by atoms with E-state index in [2.05, 4.69) is 10.6 Å². The summed E-state index contributed by atoms with van der Waals surface area (Å²) in [6.07, 6.45) is 2.45. The molecular formula is C15H17ClN2O3S. The molecule has 0 aliphatic carbocycles. The molecule has 0 fully saturated rings. The van der Waals surface area contributed by atoms with Crippen molar-refractivity contribution < 1.29 is 14.7 Å². The molecule has 0 atom stereocenters. The molecule has 0 saturated heterocycles. The van der Waals surface area contributed by atoms with Gasteiger partial charge in [0.1, 0.15) is 0 Å². The van der Waals surface area contributed by atoms with Gasteiger partial charge in [-0.05, 0) is 36.0 Å². The summed E-state index contributed by atoms with van der Waals surface area (Å²) in [5.74, 6) is -1.26. The minimum atomic E-state index is -1.04. The van der Waals surface area contributed by atoms with E-state index < -0.39 is 11.4 Å². The van der Waals surface area contributed by atoms with E-state index in [0.717, 1.165) is 6.08 Å². The first kappa shape index (κ1) is 18.1. The Morgan fingerprint density at radius 2 is 1.95 bits per heavy atom. The van der Waals surface area contributed by atoms with Crippen LogP contribution in [-0.4, -0.2) is 22.1 Å². The fraction of sp³-hybridized carbons (Fsp3) is 0.267. The smallest absolute Gasteiger partial charge is 0.328 e. The van der Waals surface area contributed by atoms with Crippen molar-refractivity contribution in [3.05, 3.63) is 34.9 Å². The molecule has 118 valence electrons. The van der Waals surface area contributed by atoms with Crippen molar-refractivity contribution in [1.29, 1.82) is 0 Å². The van der Waals surface area contributed by atoms with Crippen molar-refractivity contribution in [3.8, 4) is 0 Å². The first-order chi connectivity index (χ1) is 10.1. The lowest BCUT2D eigenvalue weighted by molar-refractivity contribution is -0.131. The molecule has 0 bridgehead atoms. The molecule has 0 saturated carbocycles. The summed E-state index contributed by atoms with van der Waals surface area (Å²) in [7, 11) is 0. The largest absolute Gasteiger partial charge is 0.478 e. The van der Waals surface area contributed by atoms with Crippen LogP contribution >= 0.6 is 23.8 Å². The zero-order valence-electron chi connectivity index (χ0n) is 12.4. The molecule has 0 unspecified atom stereocenters. The van der Waals surface area contributed by atoms with E-state index in [0.29, 0.717) is 16.3 Å². The molecule has 0 aliphatic heterocycles. The summed E-state index contributed by atoms with van der Waals surface area (Å²) >= 11 is 11.1. The number of carboxylic acids is 1. The van der Waals surface area contributed by atoms with Gasteiger partial charge in [0.15, 0.2) is 5.11 Å². The average Bonchev–Trinajstić information content (AvgIpc) is 2.38. The van der Waals surface area contributed by atoms with Gasteiger partial charge in [-0.1, -0.05) is 38.4 Å². The van der Waals surface area contributed by atoms with E-state index in [9.17, 15) is 9.59 Å². The van der Waals surface area contributed by atoms with Gasteiger partial charge in [0.05, 0.1) is 10.7 Å². The molecule has 1 aromatic carbocycles. The second kappa shape index (κ2) is 7.38. The molecule has 0 aliphatic rings. The van der Waals surface area contributed by atoms with Gasteiger partial charge in [0.2, 0.25) is 5.91 Å². The van der Waals surface area contributed by atoms with Crippen LogP contribution in [0.4, 0.5) is 5.69 Å². The maximum Gasteiger partial charge on any atom is 0.328 e. The quantitative estimate of drug-likeness (QED) is 0.581. The molecule has 0 aromatic heterocycles. The van der Waals surface area contributed by atoms with Crippen LogP contribution in [-0.2, 0) is 9.59 Å². The summed E-state index contributed by atoms with van der Waals surface area (Å²) in [6, 6.07) is 4.92. The van der Waals surface area contributed by atoms with Gasteiger partial charge < -0.3 is 15.7 Å². The normalized spacial score (nSPS) is 11.3. The Morgan fingerprint density at radius 3 is 2.50 bits per heavy atom. The third kappa shape index (κ3) is 5.83. The van der Waals surface area contributed by atoms with Crippen molar-refractivity contribution in [2.24, 2.45) is 5.41 Å². The van der Waals surface area contributed by atoms with E-state index in [1.54, 1.807) is 39.0 Å². The minimum Gasteiger partial charge on any atom is -0.478 e. The summed E-state index contributed by atoms with van der Waals surface area (Å²) in [5, 5.41) is 14.6. The van der Waals surface area contributed by atoms with Gasteiger partial charge in [-0.3, -0.25) is 4.79 Å². The molecule has 1 aromatic rings. The maximum absolute atomic E-state index is 11.8. The Balaban J connectivity index is 2.84. The Morgan fingerprint density at radius 1 is 1.32 bits per heavy atom. The zero-order chi connectivity index (χ0) is 16.9. The van der Waals surface area contributed by atoms with Crippen molar-refractivity contribution >= 4 is 52.6 Å². The van der Waals surface area contributed by atoms with Crippen LogP contribution in [0.3, 0.4) is 0 Å². The Bertz CT molecular complexity index is 636. The van der Waals surface area contributed by atoms with Crippen LogP contribution < -0.4 is 10.6 Å². The lowest BCUT2D eigenvalue weighted by Crippen LogP contribution is -2.41. The molecule has 0 spiro atoms. The number of hydrogen-bond acceptors (Lipinski definition) is 3. The first-order valence-corrected chi connectivity index (χ1v) is 7.21. The first-order valence-electron chi connectivity index (χ1n) is 6.42. The van der Waals surface area contributed by atoms with E-state index >= 15 is 0 Å². The predicted molar refractivity (Wildman–Crippen MR) is 91.9 cm³/mol. The number of amides is 1. The molecule has 0 radical (unpaired) electrons. The SMILES string of the molecule is CC(C)(C)C(=O)NC(=S)Nc1cc(/C=C/C(=O)O)ccc1Cl. The summed E-state index contributed by atoms with van der Waals surface area (Å²) in [5.41, 5.74) is 0.550. The standard InChI is InChI=1S/C15H17ClN2O3S/c1-15(2,3)13(21)18-14(22)17-11-8-9(4-6-10(11)16)5-7-12(19)20/h4-8H,1-3H3,(H,19,20)(H2,17,18,21,22)/b7-5+.